The minimum Gasteiger partial charge on any atom is -0.454 e. The molecule has 1 unspecified atom stereocenters. The van der Waals surface area contributed by atoms with Crippen LogP contribution in [0.15, 0.2) is 23.0 Å². The van der Waals surface area contributed by atoms with E-state index in [1.54, 1.807) is 0 Å². The fraction of sp³-hybridized carbons (Fsp3) is 0.583. The van der Waals surface area contributed by atoms with Gasteiger partial charge < -0.3 is 34.3 Å². The van der Waals surface area contributed by atoms with E-state index in [4.69, 9.17) is 26.4 Å². The van der Waals surface area contributed by atoms with E-state index in [1.807, 2.05) is 18.2 Å². The second-order valence-electron chi connectivity index (χ2n) is 8.54. The van der Waals surface area contributed by atoms with Crippen LogP contribution < -0.4 is 20.3 Å². The number of fused-ring (bicyclic) bond motifs is 2. The third-order valence-corrected chi connectivity index (χ3v) is 6.74. The summed E-state index contributed by atoms with van der Waals surface area (Å²) < 4.78 is 16.8. The highest BCUT2D eigenvalue weighted by molar-refractivity contribution is 7.80. The third kappa shape index (κ3) is 5.96. The third-order valence-electron chi connectivity index (χ3n) is 6.33. The summed E-state index contributed by atoms with van der Waals surface area (Å²) in [6, 6.07) is 5.64. The number of aromatic amines is 1. The summed E-state index contributed by atoms with van der Waals surface area (Å²) in [5, 5.41) is 4.97. The molecule has 2 N–H and O–H groups in total. The molecular weight excluding hydrogens is 440 g/mol. The van der Waals surface area contributed by atoms with Gasteiger partial charge in [-0.25, -0.2) is 0 Å². The van der Waals surface area contributed by atoms with Gasteiger partial charge >= 0.3 is 0 Å². The van der Waals surface area contributed by atoms with Crippen LogP contribution in [-0.2, 0) is 11.3 Å². The molecule has 1 aromatic heterocycles. The van der Waals surface area contributed by atoms with Crippen molar-refractivity contribution >= 4 is 28.2 Å². The molecule has 0 spiro atoms. The molecule has 2 aliphatic heterocycles. The number of hydrogen-bond acceptors (Lipinski definition) is 6. The number of thiocarbonyl (C=S) groups is 1. The highest BCUT2D eigenvalue weighted by Gasteiger charge is 2.22. The van der Waals surface area contributed by atoms with Crippen molar-refractivity contribution in [3.05, 3.63) is 34.1 Å². The molecule has 2 aromatic rings. The summed E-state index contributed by atoms with van der Waals surface area (Å²) in [5.41, 5.74) is 1.27. The topological polar surface area (TPSA) is 79.1 Å². The van der Waals surface area contributed by atoms with Crippen LogP contribution in [0.1, 0.15) is 38.7 Å². The Morgan fingerprint density at radius 2 is 2.00 bits per heavy atom. The Bertz CT molecular complexity index is 1020. The zero-order valence-corrected chi connectivity index (χ0v) is 20.3. The first-order valence-electron chi connectivity index (χ1n) is 11.9. The predicted molar refractivity (Wildman–Crippen MR) is 133 cm³/mol. The van der Waals surface area contributed by atoms with Gasteiger partial charge in [-0.05, 0) is 63.2 Å². The van der Waals surface area contributed by atoms with Crippen molar-refractivity contribution in [1.82, 2.24) is 20.1 Å². The van der Waals surface area contributed by atoms with Crippen molar-refractivity contribution in [3.63, 3.8) is 0 Å². The van der Waals surface area contributed by atoms with Gasteiger partial charge in [0.15, 0.2) is 16.6 Å². The van der Waals surface area contributed by atoms with Gasteiger partial charge in [-0.1, -0.05) is 13.8 Å². The lowest BCUT2D eigenvalue weighted by Gasteiger charge is -2.28. The van der Waals surface area contributed by atoms with Gasteiger partial charge in [-0.3, -0.25) is 4.79 Å². The molecule has 1 aromatic carbocycles. The predicted octanol–water partition coefficient (Wildman–Crippen LogP) is 2.84. The number of pyridine rings is 1. The molecule has 33 heavy (non-hydrogen) atoms. The van der Waals surface area contributed by atoms with Crippen LogP contribution in [0.3, 0.4) is 0 Å². The minimum atomic E-state index is -0.122. The average molecular weight is 475 g/mol. The molecule has 0 saturated carbocycles. The van der Waals surface area contributed by atoms with Gasteiger partial charge in [0.1, 0.15) is 0 Å². The first kappa shape index (κ1) is 23.8. The number of aromatic nitrogens is 1. The summed E-state index contributed by atoms with van der Waals surface area (Å²) in [4.78, 5) is 20.3. The van der Waals surface area contributed by atoms with E-state index in [-0.39, 0.29) is 18.5 Å². The normalized spacial score (nSPS) is 17.1. The Morgan fingerprint density at radius 1 is 1.21 bits per heavy atom. The monoisotopic (exact) mass is 474 g/mol. The fourth-order valence-electron chi connectivity index (χ4n) is 4.37. The van der Waals surface area contributed by atoms with Crippen molar-refractivity contribution in [3.8, 4) is 11.5 Å². The average Bonchev–Trinajstić information content (AvgIpc) is 3.49. The first-order valence-corrected chi connectivity index (χ1v) is 12.3. The largest absolute Gasteiger partial charge is 0.454 e. The smallest absolute Gasteiger partial charge is 0.253 e. The second kappa shape index (κ2) is 11.2. The highest BCUT2D eigenvalue weighted by atomic mass is 32.1. The van der Waals surface area contributed by atoms with Crippen molar-refractivity contribution in [2.75, 3.05) is 46.1 Å². The Kier molecular flexibility index (Phi) is 8.06. The van der Waals surface area contributed by atoms with Crippen LogP contribution >= 0.6 is 12.2 Å². The van der Waals surface area contributed by atoms with Gasteiger partial charge in [-0.15, -0.1) is 0 Å². The molecular formula is C24H34N4O4S. The number of rotatable bonds is 10. The van der Waals surface area contributed by atoms with E-state index in [0.29, 0.717) is 35.3 Å². The Labute approximate surface area is 200 Å². The molecule has 0 aliphatic carbocycles. The van der Waals surface area contributed by atoms with Crippen molar-refractivity contribution in [1.29, 1.82) is 0 Å². The number of nitrogens with one attached hydrogen (secondary N) is 2. The molecule has 0 bridgehead atoms. The second-order valence-corrected chi connectivity index (χ2v) is 8.93. The van der Waals surface area contributed by atoms with Gasteiger partial charge in [0.05, 0.1) is 18.2 Å². The number of hydrogen-bond donors (Lipinski definition) is 2. The first-order chi connectivity index (χ1) is 16.1. The van der Waals surface area contributed by atoms with Crippen LogP contribution in [0.5, 0.6) is 11.5 Å². The molecule has 180 valence electrons. The van der Waals surface area contributed by atoms with E-state index in [0.717, 1.165) is 63.0 Å². The van der Waals surface area contributed by atoms with Gasteiger partial charge in [0.2, 0.25) is 6.79 Å². The molecule has 2 aliphatic rings. The molecule has 1 saturated heterocycles. The standard InChI is InChI=1S/C24H34N4O4S/c1-3-27(4-2)9-6-8-25-24(33)28(15-19-7-5-10-30-19)14-18-11-17-12-21-22(32-16-31-21)13-20(17)26-23(18)29/h11-13,19H,3-10,14-16H2,1-2H3,(H,25,33)(H,26,29). The van der Waals surface area contributed by atoms with Gasteiger partial charge in [0, 0.05) is 36.7 Å². The summed E-state index contributed by atoms with van der Waals surface area (Å²) in [6.07, 6.45) is 3.22. The van der Waals surface area contributed by atoms with Crippen LogP contribution in [-0.4, -0.2) is 72.1 Å². The maximum Gasteiger partial charge on any atom is 0.253 e. The van der Waals surface area contributed by atoms with E-state index in [2.05, 4.69) is 33.9 Å². The number of benzene rings is 1. The summed E-state index contributed by atoms with van der Waals surface area (Å²) in [6.45, 7) is 10.4. The maximum atomic E-state index is 12.9. The van der Waals surface area contributed by atoms with Crippen LogP contribution in [0.25, 0.3) is 10.9 Å². The van der Waals surface area contributed by atoms with Crippen molar-refractivity contribution in [2.45, 2.75) is 45.8 Å². The minimum absolute atomic E-state index is 0.122. The van der Waals surface area contributed by atoms with Crippen molar-refractivity contribution < 1.29 is 14.2 Å². The maximum absolute atomic E-state index is 12.9. The van der Waals surface area contributed by atoms with E-state index in [9.17, 15) is 4.79 Å². The Balaban J connectivity index is 1.46. The zero-order chi connectivity index (χ0) is 23.2. The molecule has 0 amide bonds. The summed E-state index contributed by atoms with van der Waals surface area (Å²) >= 11 is 5.75. The molecule has 1 fully saturated rings. The number of ether oxygens (including phenoxy) is 3. The van der Waals surface area contributed by atoms with E-state index in [1.165, 1.54) is 0 Å². The summed E-state index contributed by atoms with van der Waals surface area (Å²) in [5.74, 6) is 1.35. The van der Waals surface area contributed by atoms with E-state index < -0.39 is 0 Å². The van der Waals surface area contributed by atoms with Crippen LogP contribution in [0, 0.1) is 0 Å². The Hall–Kier alpha value is -2.36. The zero-order valence-electron chi connectivity index (χ0n) is 19.5. The Morgan fingerprint density at radius 3 is 2.73 bits per heavy atom. The molecule has 8 nitrogen and oxygen atoms in total. The SMILES string of the molecule is CCN(CC)CCCNC(=S)N(Cc1cc2cc3c(cc2[nH]c1=O)OCO3)CC1CCCO1. The lowest BCUT2D eigenvalue weighted by Crippen LogP contribution is -2.44. The summed E-state index contributed by atoms with van der Waals surface area (Å²) in [7, 11) is 0. The van der Waals surface area contributed by atoms with E-state index >= 15 is 0 Å². The quantitative estimate of drug-likeness (QED) is 0.402. The molecule has 0 radical (unpaired) electrons. The highest BCUT2D eigenvalue weighted by Crippen LogP contribution is 2.35. The molecule has 4 rings (SSSR count). The molecule has 1 atom stereocenters. The van der Waals surface area contributed by atoms with Crippen LogP contribution in [0.2, 0.25) is 0 Å². The number of H-pyrrole nitrogens is 1. The number of nitrogens with zero attached hydrogens (tertiary/aromatic N) is 2. The van der Waals surface area contributed by atoms with Gasteiger partial charge in [0.25, 0.3) is 5.56 Å². The lowest BCUT2D eigenvalue weighted by molar-refractivity contribution is 0.0896. The molecule has 9 heteroatoms. The van der Waals surface area contributed by atoms with Crippen molar-refractivity contribution in [2.24, 2.45) is 0 Å². The fourth-order valence-corrected chi connectivity index (χ4v) is 4.61. The lowest BCUT2D eigenvalue weighted by atomic mass is 10.1. The van der Waals surface area contributed by atoms with Gasteiger partial charge in [-0.2, -0.15) is 0 Å². The van der Waals surface area contributed by atoms with Crippen LogP contribution in [0.4, 0.5) is 0 Å². The molecule has 3 heterocycles.